The maximum absolute atomic E-state index is 5.10. The second kappa shape index (κ2) is 9.57. The zero-order chi connectivity index (χ0) is 28.4. The highest BCUT2D eigenvalue weighted by Gasteiger charge is 2.21. The molecular formula is C38H27N3S. The second-order valence-corrected chi connectivity index (χ2v) is 12.1. The molecule has 0 aliphatic carbocycles. The van der Waals surface area contributed by atoms with E-state index in [2.05, 4.69) is 105 Å². The van der Waals surface area contributed by atoms with Crippen LogP contribution in [-0.2, 0) is 0 Å². The van der Waals surface area contributed by atoms with Crippen LogP contribution in [0.25, 0.3) is 76.3 Å². The van der Waals surface area contributed by atoms with Crippen LogP contribution in [0.5, 0.6) is 0 Å². The summed E-state index contributed by atoms with van der Waals surface area (Å²) in [4.78, 5) is 16.1. The van der Waals surface area contributed by atoms with Crippen LogP contribution < -0.4 is 0 Å². The van der Waals surface area contributed by atoms with E-state index in [4.69, 9.17) is 15.0 Å². The van der Waals surface area contributed by atoms with E-state index in [0.717, 1.165) is 22.3 Å². The van der Waals surface area contributed by atoms with Gasteiger partial charge in [0.25, 0.3) is 0 Å². The van der Waals surface area contributed by atoms with Gasteiger partial charge < -0.3 is 0 Å². The van der Waals surface area contributed by atoms with Crippen LogP contribution in [0, 0.1) is 20.8 Å². The molecule has 0 bridgehead atoms. The minimum atomic E-state index is 0.696. The SMILES string of the molecule is Cc1nc(-c2ccccc2)nc(-c2c(-c3ccc4c5ccccc5c5ccccc5c4c3)ccc3sc(C)c(C)c23)n1. The van der Waals surface area contributed by atoms with E-state index in [1.165, 1.54) is 52.8 Å². The van der Waals surface area contributed by atoms with E-state index in [1.807, 2.05) is 36.5 Å². The van der Waals surface area contributed by atoms with E-state index in [-0.39, 0.29) is 0 Å². The van der Waals surface area contributed by atoms with Gasteiger partial charge in [-0.3, -0.25) is 0 Å². The Bertz CT molecular complexity index is 2300. The van der Waals surface area contributed by atoms with Crippen LogP contribution in [0.3, 0.4) is 0 Å². The molecule has 0 radical (unpaired) electrons. The van der Waals surface area contributed by atoms with Crippen molar-refractivity contribution in [2.75, 3.05) is 0 Å². The Morgan fingerprint density at radius 1 is 0.500 bits per heavy atom. The Labute approximate surface area is 248 Å². The van der Waals surface area contributed by atoms with E-state index in [0.29, 0.717) is 17.5 Å². The molecule has 4 heteroatoms. The highest BCUT2D eigenvalue weighted by molar-refractivity contribution is 7.19. The summed E-state index contributed by atoms with van der Waals surface area (Å²) in [6.45, 7) is 6.37. The average molecular weight is 558 g/mol. The molecule has 2 heterocycles. The molecule has 0 N–H and O–H groups in total. The molecule has 0 spiro atoms. The van der Waals surface area contributed by atoms with Gasteiger partial charge in [0.2, 0.25) is 0 Å². The molecule has 0 saturated heterocycles. The van der Waals surface area contributed by atoms with Crippen molar-refractivity contribution in [2.24, 2.45) is 0 Å². The van der Waals surface area contributed by atoms with Crippen molar-refractivity contribution in [3.63, 3.8) is 0 Å². The van der Waals surface area contributed by atoms with Gasteiger partial charge in [-0.1, -0.05) is 97.1 Å². The molecule has 0 aliphatic rings. The lowest BCUT2D eigenvalue weighted by Crippen LogP contribution is -2.01. The highest BCUT2D eigenvalue weighted by Crippen LogP contribution is 2.44. The Balaban J connectivity index is 1.45. The Morgan fingerprint density at radius 3 is 1.79 bits per heavy atom. The predicted molar refractivity (Wildman–Crippen MR) is 178 cm³/mol. The Kier molecular flexibility index (Phi) is 5.66. The Hall–Kier alpha value is -4.93. The summed E-state index contributed by atoms with van der Waals surface area (Å²) in [5.41, 5.74) is 5.62. The normalized spacial score (nSPS) is 11.7. The zero-order valence-corrected chi connectivity index (χ0v) is 24.5. The topological polar surface area (TPSA) is 38.7 Å². The van der Waals surface area contributed by atoms with Gasteiger partial charge in [0.1, 0.15) is 5.82 Å². The van der Waals surface area contributed by atoms with Crippen LogP contribution in [0.2, 0.25) is 0 Å². The fourth-order valence-electron chi connectivity index (χ4n) is 6.32. The fourth-order valence-corrected chi connectivity index (χ4v) is 7.39. The smallest absolute Gasteiger partial charge is 0.164 e. The van der Waals surface area contributed by atoms with Crippen molar-refractivity contribution in [1.82, 2.24) is 15.0 Å². The van der Waals surface area contributed by atoms with Crippen LogP contribution in [0.1, 0.15) is 16.3 Å². The van der Waals surface area contributed by atoms with E-state index in [9.17, 15) is 0 Å². The van der Waals surface area contributed by atoms with Gasteiger partial charge in [-0.25, -0.2) is 15.0 Å². The number of fused-ring (bicyclic) bond motifs is 7. The van der Waals surface area contributed by atoms with E-state index < -0.39 is 0 Å². The predicted octanol–water partition coefficient (Wildman–Crippen LogP) is 10.5. The minimum Gasteiger partial charge on any atom is -0.213 e. The van der Waals surface area contributed by atoms with Crippen molar-refractivity contribution in [3.8, 4) is 33.9 Å². The summed E-state index contributed by atoms with van der Waals surface area (Å²) < 4.78 is 1.25. The molecule has 8 aromatic rings. The van der Waals surface area contributed by atoms with Crippen LogP contribution >= 0.6 is 11.3 Å². The quantitative estimate of drug-likeness (QED) is 0.203. The van der Waals surface area contributed by atoms with Gasteiger partial charge >= 0.3 is 0 Å². The number of rotatable bonds is 3. The monoisotopic (exact) mass is 557 g/mol. The average Bonchev–Trinajstić information content (AvgIpc) is 3.33. The summed E-state index contributed by atoms with van der Waals surface area (Å²) in [6, 6.07) is 39.0. The number of hydrogen-bond acceptors (Lipinski definition) is 4. The van der Waals surface area contributed by atoms with Crippen LogP contribution in [0.15, 0.2) is 109 Å². The van der Waals surface area contributed by atoms with Gasteiger partial charge in [-0.2, -0.15) is 0 Å². The zero-order valence-electron chi connectivity index (χ0n) is 23.6. The van der Waals surface area contributed by atoms with Crippen LogP contribution in [-0.4, -0.2) is 15.0 Å². The van der Waals surface area contributed by atoms with Gasteiger partial charge in [0.15, 0.2) is 11.6 Å². The summed E-state index contributed by atoms with van der Waals surface area (Å²) in [7, 11) is 0. The minimum absolute atomic E-state index is 0.696. The molecule has 42 heavy (non-hydrogen) atoms. The first-order valence-electron chi connectivity index (χ1n) is 14.2. The maximum Gasteiger partial charge on any atom is 0.164 e. The molecule has 3 nitrogen and oxygen atoms in total. The number of hydrogen-bond donors (Lipinski definition) is 0. The van der Waals surface area contributed by atoms with Crippen molar-refractivity contribution in [3.05, 3.63) is 125 Å². The van der Waals surface area contributed by atoms with Crippen molar-refractivity contribution >= 4 is 53.7 Å². The third-order valence-corrected chi connectivity index (χ3v) is 9.56. The molecule has 0 fully saturated rings. The lowest BCUT2D eigenvalue weighted by Gasteiger charge is -2.15. The fraction of sp³-hybridized carbons (Fsp3) is 0.0789. The van der Waals surface area contributed by atoms with E-state index in [1.54, 1.807) is 0 Å². The van der Waals surface area contributed by atoms with Gasteiger partial charge in [-0.05, 0) is 81.9 Å². The Morgan fingerprint density at radius 2 is 1.10 bits per heavy atom. The molecule has 8 rings (SSSR count). The number of aryl methyl sites for hydroxylation is 3. The molecule has 6 aromatic carbocycles. The number of thiophene rings is 1. The summed E-state index contributed by atoms with van der Waals surface area (Å²) in [6.07, 6.45) is 0. The van der Waals surface area contributed by atoms with Gasteiger partial charge in [0, 0.05) is 26.1 Å². The third kappa shape index (κ3) is 3.83. The lowest BCUT2D eigenvalue weighted by molar-refractivity contribution is 0.993. The second-order valence-electron chi connectivity index (χ2n) is 10.9. The van der Waals surface area contributed by atoms with Gasteiger partial charge in [0.05, 0.1) is 0 Å². The molecule has 0 atom stereocenters. The lowest BCUT2D eigenvalue weighted by atomic mass is 9.90. The molecule has 200 valence electrons. The third-order valence-electron chi connectivity index (χ3n) is 8.39. The molecule has 0 unspecified atom stereocenters. The largest absolute Gasteiger partial charge is 0.213 e. The first-order valence-corrected chi connectivity index (χ1v) is 15.0. The summed E-state index contributed by atoms with van der Waals surface area (Å²) in [5, 5.41) is 8.85. The van der Waals surface area contributed by atoms with E-state index >= 15 is 0 Å². The van der Waals surface area contributed by atoms with Crippen molar-refractivity contribution < 1.29 is 0 Å². The van der Waals surface area contributed by atoms with Gasteiger partial charge in [-0.15, -0.1) is 11.3 Å². The standard InChI is InChI=1S/C38H27N3S/c1-22-23(2)42-34-20-19-27(36(35(22)34)38-40-24(3)39-37(41-38)25-11-5-4-6-12-25)26-17-18-32-30-15-8-7-13-28(30)29-14-9-10-16-31(29)33(32)21-26/h4-21H,1-3H3. The first kappa shape index (κ1) is 24.8. The number of benzene rings is 6. The van der Waals surface area contributed by atoms with Crippen molar-refractivity contribution in [1.29, 1.82) is 0 Å². The van der Waals surface area contributed by atoms with Crippen LogP contribution in [0.4, 0.5) is 0 Å². The number of nitrogens with zero attached hydrogens (tertiary/aromatic N) is 3. The molecular weight excluding hydrogens is 531 g/mol. The molecule has 2 aromatic heterocycles. The molecule has 0 saturated carbocycles. The summed E-state index contributed by atoms with van der Waals surface area (Å²) in [5.74, 6) is 2.12. The molecule has 0 aliphatic heterocycles. The van der Waals surface area contributed by atoms with Crippen molar-refractivity contribution in [2.45, 2.75) is 20.8 Å². The number of aromatic nitrogens is 3. The summed E-state index contributed by atoms with van der Waals surface area (Å²) >= 11 is 1.83. The molecule has 0 amide bonds. The highest BCUT2D eigenvalue weighted by atomic mass is 32.1. The maximum atomic E-state index is 5.10. The first-order chi connectivity index (χ1) is 20.6.